The minimum atomic E-state index is -3.59. The molecule has 9 heteroatoms. The number of carbonyl (C=O) groups is 1. The van der Waals surface area contributed by atoms with Crippen LogP contribution in [0.15, 0.2) is 68.5 Å². The van der Waals surface area contributed by atoms with Gasteiger partial charge in [0.1, 0.15) is 5.75 Å². The second-order valence-corrected chi connectivity index (χ2v) is 11.7. The van der Waals surface area contributed by atoms with Gasteiger partial charge in [-0.1, -0.05) is 43.9 Å². The normalized spacial score (nSPS) is 15.6. The molecule has 1 fully saturated rings. The van der Waals surface area contributed by atoms with Crippen LogP contribution < -0.4 is 9.62 Å². The SMILES string of the molecule is CN(C(=O)C=CC=Cc1cc(Br)c(O)c(Br)c1)c1ccc(S(=O)(=O)NC2CCCCCC2)cc1. The number of likely N-dealkylation sites (N-methyl/N-ethyl adjacent to an activating group) is 1. The molecule has 182 valence electrons. The standard InChI is InChI=1S/C25H28Br2N2O4S/c1-29(24(30)11-7-6-8-18-16-22(26)25(31)23(27)17-18)20-12-14-21(15-13-20)34(32,33)28-19-9-4-2-3-5-10-19/h6-8,11-17,19,28,31H,2-5,9-10H2,1H3. The molecule has 0 heterocycles. The molecule has 0 aliphatic heterocycles. The largest absolute Gasteiger partial charge is 0.506 e. The summed E-state index contributed by atoms with van der Waals surface area (Å²) in [6.07, 6.45) is 12.7. The fourth-order valence-corrected chi connectivity index (χ4v) is 6.29. The molecule has 3 rings (SSSR count). The highest BCUT2D eigenvalue weighted by Crippen LogP contribution is 2.33. The molecule has 0 unspecified atom stereocenters. The third-order valence-electron chi connectivity index (χ3n) is 5.72. The summed E-state index contributed by atoms with van der Waals surface area (Å²) in [5.74, 6) is -0.117. The number of nitrogens with zero attached hydrogens (tertiary/aromatic N) is 1. The van der Waals surface area contributed by atoms with Crippen molar-refractivity contribution in [2.75, 3.05) is 11.9 Å². The Labute approximate surface area is 218 Å². The van der Waals surface area contributed by atoms with Gasteiger partial charge in [0.25, 0.3) is 5.91 Å². The smallest absolute Gasteiger partial charge is 0.250 e. The third-order valence-corrected chi connectivity index (χ3v) is 8.47. The molecular formula is C25H28Br2N2O4S. The first-order chi connectivity index (χ1) is 16.2. The summed E-state index contributed by atoms with van der Waals surface area (Å²) < 4.78 is 29.5. The minimum absolute atomic E-state index is 0.0154. The zero-order valence-corrected chi connectivity index (χ0v) is 22.9. The molecule has 1 saturated carbocycles. The first-order valence-electron chi connectivity index (χ1n) is 11.1. The molecule has 34 heavy (non-hydrogen) atoms. The van der Waals surface area contributed by atoms with Crippen molar-refractivity contribution in [3.8, 4) is 5.75 Å². The van der Waals surface area contributed by atoms with E-state index in [-0.39, 0.29) is 22.6 Å². The van der Waals surface area contributed by atoms with E-state index in [4.69, 9.17) is 0 Å². The fourth-order valence-electron chi connectivity index (χ4n) is 3.76. The summed E-state index contributed by atoms with van der Waals surface area (Å²) >= 11 is 6.57. The van der Waals surface area contributed by atoms with Crippen molar-refractivity contribution in [3.63, 3.8) is 0 Å². The summed E-state index contributed by atoms with van der Waals surface area (Å²) in [6, 6.07) is 9.84. The molecule has 1 aliphatic carbocycles. The lowest BCUT2D eigenvalue weighted by molar-refractivity contribution is -0.113. The molecular weight excluding hydrogens is 584 g/mol. The van der Waals surface area contributed by atoms with Crippen LogP contribution in [0.25, 0.3) is 6.08 Å². The maximum atomic E-state index is 12.7. The molecule has 1 amide bonds. The minimum Gasteiger partial charge on any atom is -0.506 e. The number of amides is 1. The molecule has 0 spiro atoms. The van der Waals surface area contributed by atoms with E-state index in [1.807, 2.05) is 0 Å². The number of hydrogen-bond acceptors (Lipinski definition) is 4. The highest BCUT2D eigenvalue weighted by molar-refractivity contribution is 9.11. The Bertz CT molecular complexity index is 1150. The van der Waals surface area contributed by atoms with Gasteiger partial charge in [-0.15, -0.1) is 0 Å². The van der Waals surface area contributed by atoms with Crippen molar-refractivity contribution in [1.29, 1.82) is 0 Å². The molecule has 1 aliphatic rings. The van der Waals surface area contributed by atoms with Crippen molar-refractivity contribution < 1.29 is 18.3 Å². The number of phenols is 1. The van der Waals surface area contributed by atoms with Crippen molar-refractivity contribution in [3.05, 3.63) is 69.1 Å². The molecule has 0 atom stereocenters. The number of carbonyl (C=O) groups excluding carboxylic acids is 1. The summed E-state index contributed by atoms with van der Waals surface area (Å²) in [4.78, 5) is 14.2. The highest BCUT2D eigenvalue weighted by atomic mass is 79.9. The van der Waals surface area contributed by atoms with Crippen LogP contribution in [0.2, 0.25) is 0 Å². The average molecular weight is 612 g/mol. The number of halogens is 2. The van der Waals surface area contributed by atoms with Gasteiger partial charge in [-0.25, -0.2) is 13.1 Å². The average Bonchev–Trinajstić information content (AvgIpc) is 3.07. The van der Waals surface area contributed by atoms with Crippen LogP contribution in [0.1, 0.15) is 44.1 Å². The Morgan fingerprint density at radius 2 is 1.62 bits per heavy atom. The summed E-state index contributed by atoms with van der Waals surface area (Å²) in [7, 11) is -1.95. The van der Waals surface area contributed by atoms with Crippen LogP contribution in [0, 0.1) is 0 Å². The lowest BCUT2D eigenvalue weighted by Crippen LogP contribution is -2.34. The number of phenolic OH excluding ortho intramolecular Hbond substituents is 1. The van der Waals surface area contributed by atoms with Gasteiger partial charge in [0.2, 0.25) is 10.0 Å². The zero-order chi connectivity index (χ0) is 24.7. The van der Waals surface area contributed by atoms with Crippen LogP contribution in [0.5, 0.6) is 5.75 Å². The maximum absolute atomic E-state index is 12.7. The Morgan fingerprint density at radius 1 is 1.03 bits per heavy atom. The van der Waals surface area contributed by atoms with Gasteiger partial charge in [-0.3, -0.25) is 4.79 Å². The van der Waals surface area contributed by atoms with Crippen LogP contribution in [0.4, 0.5) is 5.69 Å². The fraction of sp³-hybridized carbons (Fsp3) is 0.320. The number of nitrogens with one attached hydrogen (secondary N) is 1. The second kappa shape index (κ2) is 12.2. The number of allylic oxidation sites excluding steroid dienone is 2. The number of anilines is 1. The lowest BCUT2D eigenvalue weighted by atomic mass is 10.1. The van der Waals surface area contributed by atoms with E-state index >= 15 is 0 Å². The summed E-state index contributed by atoms with van der Waals surface area (Å²) in [5, 5.41) is 9.77. The van der Waals surface area contributed by atoms with E-state index in [0.717, 1.165) is 44.1 Å². The van der Waals surface area contributed by atoms with Crippen molar-refractivity contribution in [2.45, 2.75) is 49.5 Å². The molecule has 0 saturated heterocycles. The summed E-state index contributed by atoms with van der Waals surface area (Å²) in [5.41, 5.74) is 1.44. The number of sulfonamides is 1. The Kier molecular flexibility index (Phi) is 9.53. The maximum Gasteiger partial charge on any atom is 0.250 e. The van der Waals surface area contributed by atoms with E-state index in [1.54, 1.807) is 49.5 Å². The van der Waals surface area contributed by atoms with Crippen LogP contribution >= 0.6 is 31.9 Å². The van der Waals surface area contributed by atoms with E-state index in [1.165, 1.54) is 23.1 Å². The monoisotopic (exact) mass is 610 g/mol. The van der Waals surface area contributed by atoms with E-state index in [9.17, 15) is 18.3 Å². The van der Waals surface area contributed by atoms with Gasteiger partial charge in [0.05, 0.1) is 13.8 Å². The lowest BCUT2D eigenvalue weighted by Gasteiger charge is -2.18. The molecule has 2 aromatic carbocycles. The van der Waals surface area contributed by atoms with E-state index in [2.05, 4.69) is 36.6 Å². The molecule has 6 nitrogen and oxygen atoms in total. The molecule has 0 radical (unpaired) electrons. The van der Waals surface area contributed by atoms with Gasteiger partial charge in [0.15, 0.2) is 0 Å². The first-order valence-corrected chi connectivity index (χ1v) is 14.2. The summed E-state index contributed by atoms with van der Waals surface area (Å²) in [6.45, 7) is 0. The molecule has 2 N–H and O–H groups in total. The Balaban J connectivity index is 1.60. The van der Waals surface area contributed by atoms with Crippen molar-refractivity contribution >= 4 is 59.6 Å². The Morgan fingerprint density at radius 3 is 2.21 bits per heavy atom. The van der Waals surface area contributed by atoms with Gasteiger partial charge in [-0.05, 0) is 86.7 Å². The Hall–Kier alpha value is -1.94. The zero-order valence-electron chi connectivity index (χ0n) is 18.9. The van der Waals surface area contributed by atoms with Gasteiger partial charge in [0, 0.05) is 24.9 Å². The third kappa shape index (κ3) is 7.28. The molecule has 2 aromatic rings. The number of benzene rings is 2. The van der Waals surface area contributed by atoms with Gasteiger partial charge >= 0.3 is 0 Å². The van der Waals surface area contributed by atoms with E-state index < -0.39 is 10.0 Å². The molecule has 0 aromatic heterocycles. The van der Waals surface area contributed by atoms with Gasteiger partial charge in [-0.2, -0.15) is 0 Å². The quantitative estimate of drug-likeness (QED) is 0.223. The van der Waals surface area contributed by atoms with Crippen LogP contribution in [-0.4, -0.2) is 32.5 Å². The predicted molar refractivity (Wildman–Crippen MR) is 143 cm³/mol. The van der Waals surface area contributed by atoms with Crippen molar-refractivity contribution in [2.24, 2.45) is 0 Å². The topological polar surface area (TPSA) is 86.7 Å². The number of rotatable bonds is 7. The first kappa shape index (κ1) is 26.7. The number of aromatic hydroxyl groups is 1. The van der Waals surface area contributed by atoms with Crippen molar-refractivity contribution in [1.82, 2.24) is 4.72 Å². The van der Waals surface area contributed by atoms with Gasteiger partial charge < -0.3 is 10.0 Å². The predicted octanol–water partition coefficient (Wildman–Crippen LogP) is 6.15. The van der Waals surface area contributed by atoms with Crippen LogP contribution in [-0.2, 0) is 14.8 Å². The molecule has 0 bridgehead atoms. The number of hydrogen-bond donors (Lipinski definition) is 2. The highest BCUT2D eigenvalue weighted by Gasteiger charge is 2.21. The van der Waals surface area contributed by atoms with E-state index in [0.29, 0.717) is 14.6 Å². The second-order valence-electron chi connectivity index (χ2n) is 8.25. The van der Waals surface area contributed by atoms with Crippen LogP contribution in [0.3, 0.4) is 0 Å².